The van der Waals surface area contributed by atoms with Crippen molar-refractivity contribution >= 4 is 23.2 Å². The fourth-order valence-corrected chi connectivity index (χ4v) is 1.80. The molecule has 0 aliphatic carbocycles. The van der Waals surface area contributed by atoms with E-state index in [1.165, 1.54) is 7.05 Å². The van der Waals surface area contributed by atoms with Gasteiger partial charge in [-0.05, 0) is 18.2 Å². The number of amides is 2. The molecule has 2 amide bonds. The predicted molar refractivity (Wildman–Crippen MR) is 81.6 cm³/mol. The second-order valence-corrected chi connectivity index (χ2v) is 4.20. The fraction of sp³-hybridized carbons (Fsp3) is 0.429. The van der Waals surface area contributed by atoms with Crippen molar-refractivity contribution in [2.45, 2.75) is 33.3 Å². The number of benzene rings is 1. The number of carbonyl (C=O) groups is 2. The van der Waals surface area contributed by atoms with E-state index >= 15 is 0 Å². The first-order chi connectivity index (χ1) is 11.2. The number of hydrogen-bond acceptors (Lipinski definition) is 7. The first kappa shape index (κ1) is 18.4. The molecule has 9 heteroatoms. The summed E-state index contributed by atoms with van der Waals surface area (Å²) in [6, 6.07) is 4.78. The Kier molecular flexibility index (Phi) is 7.55. The van der Waals surface area contributed by atoms with Gasteiger partial charge in [-0.25, -0.2) is 0 Å². The summed E-state index contributed by atoms with van der Waals surface area (Å²) in [5, 5.41) is 17.1. The molecule has 1 aliphatic heterocycles. The SMILES string of the molecule is CC.CN=[N+]=Nc1ccc(NO)c(CON2C(=O)CCC2=O)c1. The minimum absolute atomic E-state index is 0.0764. The quantitative estimate of drug-likeness (QED) is 0.373. The molecule has 1 heterocycles. The summed E-state index contributed by atoms with van der Waals surface area (Å²) in [4.78, 5) is 31.6. The summed E-state index contributed by atoms with van der Waals surface area (Å²) < 4.78 is 0. The highest BCUT2D eigenvalue weighted by atomic mass is 16.7. The van der Waals surface area contributed by atoms with E-state index in [4.69, 9.17) is 10.0 Å². The number of hydrogen-bond donors (Lipinski definition) is 2. The van der Waals surface area contributed by atoms with Crippen LogP contribution in [0.25, 0.3) is 0 Å². The number of hydroxylamine groups is 2. The van der Waals surface area contributed by atoms with Gasteiger partial charge in [0.2, 0.25) is 4.91 Å². The largest absolute Gasteiger partial charge is 0.291 e. The molecule has 1 aliphatic rings. The molecule has 0 saturated carbocycles. The van der Waals surface area contributed by atoms with E-state index in [0.717, 1.165) is 5.06 Å². The minimum Gasteiger partial charge on any atom is -0.291 e. The van der Waals surface area contributed by atoms with Crippen LogP contribution in [0, 0.1) is 0 Å². The lowest BCUT2D eigenvalue weighted by molar-refractivity contribution is -0.191. The van der Waals surface area contributed by atoms with E-state index < -0.39 is 0 Å². The number of imide groups is 1. The van der Waals surface area contributed by atoms with Crippen molar-refractivity contribution in [1.82, 2.24) is 9.97 Å². The molecule has 1 aromatic rings. The Bertz CT molecular complexity index is 610. The van der Waals surface area contributed by atoms with E-state index in [9.17, 15) is 9.59 Å². The van der Waals surface area contributed by atoms with E-state index in [1.807, 2.05) is 19.3 Å². The van der Waals surface area contributed by atoms with Gasteiger partial charge in [-0.1, -0.05) is 13.8 Å². The van der Waals surface area contributed by atoms with Crippen LogP contribution in [0.15, 0.2) is 28.4 Å². The summed E-state index contributed by atoms with van der Waals surface area (Å²) in [5.41, 5.74) is 3.40. The zero-order valence-corrected chi connectivity index (χ0v) is 13.3. The van der Waals surface area contributed by atoms with Crippen LogP contribution in [0.2, 0.25) is 0 Å². The standard InChI is InChI=1S/C12H13N5O4.C2H6/c1-13-16-14-9-2-3-10(15-20)8(6-9)7-21-17-11(18)4-5-12(17)19;1-2/h2-3,6H,4-5,7H2,1H3,(H,13,14,20);1-2H3/p+1. The summed E-state index contributed by atoms with van der Waals surface area (Å²) in [5.74, 6) is -0.752. The average molecular weight is 322 g/mol. The number of carbonyl (C=O) groups excluding carboxylic acids is 2. The molecule has 1 saturated heterocycles. The van der Waals surface area contributed by atoms with Gasteiger partial charge in [0.05, 0.1) is 5.69 Å². The Morgan fingerprint density at radius 3 is 2.52 bits per heavy atom. The third-order valence-electron chi connectivity index (χ3n) is 2.81. The molecule has 1 fully saturated rings. The second kappa shape index (κ2) is 9.42. The van der Waals surface area contributed by atoms with Crippen molar-refractivity contribution in [3.8, 4) is 0 Å². The van der Waals surface area contributed by atoms with E-state index in [0.29, 0.717) is 16.9 Å². The van der Waals surface area contributed by atoms with Crippen LogP contribution in [-0.4, -0.2) is 29.1 Å². The van der Waals surface area contributed by atoms with Crippen molar-refractivity contribution < 1.29 is 19.6 Å². The summed E-state index contributed by atoms with van der Waals surface area (Å²) >= 11 is 0. The van der Waals surface area contributed by atoms with Gasteiger partial charge in [-0.3, -0.25) is 25.1 Å². The maximum atomic E-state index is 11.4. The molecule has 2 rings (SSSR count). The van der Waals surface area contributed by atoms with Gasteiger partial charge in [-0.2, -0.15) is 5.06 Å². The van der Waals surface area contributed by atoms with Crippen LogP contribution >= 0.6 is 0 Å². The van der Waals surface area contributed by atoms with Crippen molar-refractivity contribution in [3.05, 3.63) is 23.8 Å². The molecule has 124 valence electrons. The van der Waals surface area contributed by atoms with Gasteiger partial charge >= 0.3 is 0 Å². The summed E-state index contributed by atoms with van der Waals surface area (Å²) in [6.45, 7) is 3.92. The van der Waals surface area contributed by atoms with Crippen molar-refractivity contribution in [2.24, 2.45) is 10.2 Å². The van der Waals surface area contributed by atoms with Crippen LogP contribution in [0.4, 0.5) is 11.4 Å². The number of anilines is 1. The molecular weight excluding hydrogens is 302 g/mol. The summed E-state index contributed by atoms with van der Waals surface area (Å²) in [6.07, 6.45) is 0.298. The Labute approximate surface area is 133 Å². The normalized spacial score (nSPS) is 13.1. The van der Waals surface area contributed by atoms with Crippen LogP contribution < -0.4 is 10.4 Å². The molecule has 0 bridgehead atoms. The highest BCUT2D eigenvalue weighted by Crippen LogP contribution is 2.24. The van der Waals surface area contributed by atoms with E-state index in [-0.39, 0.29) is 31.3 Å². The molecule has 0 unspecified atom stereocenters. The first-order valence-electron chi connectivity index (χ1n) is 7.17. The third kappa shape index (κ3) is 4.96. The second-order valence-electron chi connectivity index (χ2n) is 4.20. The van der Waals surface area contributed by atoms with Gasteiger partial charge < -0.3 is 0 Å². The smallest absolute Gasteiger partial charge is 0.254 e. The molecule has 23 heavy (non-hydrogen) atoms. The number of nitrogens with one attached hydrogen (secondary N) is 1. The highest BCUT2D eigenvalue weighted by molar-refractivity contribution is 6.00. The van der Waals surface area contributed by atoms with E-state index in [1.54, 1.807) is 18.2 Å². The Morgan fingerprint density at radius 1 is 1.30 bits per heavy atom. The zero-order chi connectivity index (χ0) is 17.2. The van der Waals surface area contributed by atoms with Crippen LogP contribution in [0.5, 0.6) is 0 Å². The molecule has 2 N–H and O–H groups in total. The van der Waals surface area contributed by atoms with Gasteiger partial charge in [0, 0.05) is 18.4 Å². The predicted octanol–water partition coefficient (Wildman–Crippen LogP) is 2.33. The maximum absolute atomic E-state index is 11.4. The third-order valence-corrected chi connectivity index (χ3v) is 2.81. The molecule has 0 radical (unpaired) electrons. The lowest BCUT2D eigenvalue weighted by atomic mass is 10.2. The monoisotopic (exact) mass is 322 g/mol. The molecule has 1 aromatic carbocycles. The Balaban J connectivity index is 0.00000127. The van der Waals surface area contributed by atoms with Crippen LogP contribution in [0.1, 0.15) is 32.3 Å². The Morgan fingerprint density at radius 2 is 1.96 bits per heavy atom. The van der Waals surface area contributed by atoms with Crippen LogP contribution in [0.3, 0.4) is 0 Å². The highest BCUT2D eigenvalue weighted by Gasteiger charge is 2.30. The molecule has 0 atom stereocenters. The van der Waals surface area contributed by atoms with Crippen molar-refractivity contribution in [3.63, 3.8) is 0 Å². The first-order valence-corrected chi connectivity index (χ1v) is 7.17. The summed E-state index contributed by atoms with van der Waals surface area (Å²) in [7, 11) is 1.49. The lowest BCUT2D eigenvalue weighted by Gasteiger charge is -2.14. The number of nitrogens with zero attached hydrogens (tertiary/aromatic N) is 4. The van der Waals surface area contributed by atoms with Gasteiger partial charge in [0.25, 0.3) is 11.8 Å². The van der Waals surface area contributed by atoms with Crippen molar-refractivity contribution in [1.29, 1.82) is 0 Å². The Hall–Kier alpha value is -2.61. The average Bonchev–Trinajstić information content (AvgIpc) is 2.91. The fourth-order valence-electron chi connectivity index (χ4n) is 1.80. The molecule has 9 nitrogen and oxygen atoms in total. The maximum Gasteiger partial charge on any atom is 0.254 e. The zero-order valence-electron chi connectivity index (χ0n) is 13.3. The van der Waals surface area contributed by atoms with E-state index in [2.05, 4.69) is 15.1 Å². The van der Waals surface area contributed by atoms with Crippen LogP contribution in [-0.2, 0) is 21.0 Å². The topological polar surface area (TPSA) is 118 Å². The molecule has 0 aromatic heterocycles. The lowest BCUT2D eigenvalue weighted by Crippen LogP contribution is -2.29. The van der Waals surface area contributed by atoms with Gasteiger partial charge in [0.15, 0.2) is 10.8 Å². The van der Waals surface area contributed by atoms with Crippen molar-refractivity contribution in [2.75, 3.05) is 12.5 Å². The minimum atomic E-state index is -0.376. The number of rotatable bonds is 5. The molecule has 0 spiro atoms. The molecular formula is C14H20N5O4+. The van der Waals surface area contributed by atoms with Gasteiger partial charge in [0.1, 0.15) is 18.8 Å². The van der Waals surface area contributed by atoms with Gasteiger partial charge in [-0.15, -0.1) is 0 Å².